The summed E-state index contributed by atoms with van der Waals surface area (Å²) in [5.74, 6) is 6.79. The third-order valence-corrected chi connectivity index (χ3v) is 4.33. The Labute approximate surface area is 128 Å². The molecule has 4 heteroatoms. The van der Waals surface area contributed by atoms with Crippen molar-refractivity contribution in [2.24, 2.45) is 5.84 Å². The minimum Gasteiger partial charge on any atom is -0.494 e. The van der Waals surface area contributed by atoms with Crippen molar-refractivity contribution < 1.29 is 9.47 Å². The number of nitrogens with two attached hydrogens (primary N) is 1. The molecule has 0 amide bonds. The summed E-state index contributed by atoms with van der Waals surface area (Å²) in [6.45, 7) is 5.43. The maximum absolute atomic E-state index is 6.19. The van der Waals surface area contributed by atoms with Crippen molar-refractivity contribution in [2.45, 2.75) is 57.6 Å². The van der Waals surface area contributed by atoms with Crippen LogP contribution in [0.4, 0.5) is 0 Å². The average molecular weight is 292 g/mol. The van der Waals surface area contributed by atoms with E-state index in [0.29, 0.717) is 13.2 Å². The smallest absolute Gasteiger partial charge is 0.119 e. The molecule has 0 saturated heterocycles. The fraction of sp³-hybridized carbons (Fsp3) is 0.647. The van der Waals surface area contributed by atoms with E-state index < -0.39 is 0 Å². The van der Waals surface area contributed by atoms with E-state index >= 15 is 0 Å². The summed E-state index contributed by atoms with van der Waals surface area (Å²) in [6, 6.07) is 8.17. The lowest BCUT2D eigenvalue weighted by Gasteiger charge is -2.43. The second-order valence-corrected chi connectivity index (χ2v) is 5.66. The molecule has 3 N–H and O–H groups in total. The van der Waals surface area contributed by atoms with Crippen LogP contribution < -0.4 is 16.0 Å². The second-order valence-electron chi connectivity index (χ2n) is 5.66. The van der Waals surface area contributed by atoms with E-state index in [0.717, 1.165) is 24.2 Å². The Morgan fingerprint density at radius 1 is 1.19 bits per heavy atom. The first-order valence-corrected chi connectivity index (χ1v) is 8.08. The van der Waals surface area contributed by atoms with Crippen molar-refractivity contribution in [3.63, 3.8) is 0 Å². The molecule has 0 spiro atoms. The monoisotopic (exact) mass is 292 g/mol. The third kappa shape index (κ3) is 3.76. The van der Waals surface area contributed by atoms with Gasteiger partial charge in [0.25, 0.3) is 0 Å². The molecule has 1 aliphatic carbocycles. The second kappa shape index (κ2) is 7.78. The van der Waals surface area contributed by atoms with Gasteiger partial charge in [0.1, 0.15) is 5.75 Å². The van der Waals surface area contributed by atoms with Crippen LogP contribution in [0.5, 0.6) is 5.75 Å². The van der Waals surface area contributed by atoms with Crippen LogP contribution in [0, 0.1) is 0 Å². The van der Waals surface area contributed by atoms with Gasteiger partial charge in [0.2, 0.25) is 0 Å². The maximum atomic E-state index is 6.19. The molecule has 2 rings (SSSR count). The van der Waals surface area contributed by atoms with Crippen LogP contribution in [-0.2, 0) is 4.74 Å². The van der Waals surface area contributed by atoms with Gasteiger partial charge in [-0.05, 0) is 44.4 Å². The first-order chi connectivity index (χ1) is 10.3. The molecular weight excluding hydrogens is 264 g/mol. The van der Waals surface area contributed by atoms with Crippen molar-refractivity contribution >= 4 is 0 Å². The molecule has 1 fully saturated rings. The molecule has 1 aromatic rings. The van der Waals surface area contributed by atoms with Gasteiger partial charge in [-0.1, -0.05) is 31.4 Å². The van der Waals surface area contributed by atoms with Crippen molar-refractivity contribution in [3.05, 3.63) is 29.8 Å². The van der Waals surface area contributed by atoms with E-state index in [9.17, 15) is 0 Å². The molecular formula is C17H28N2O2. The molecule has 0 aromatic heterocycles. The summed E-state index contributed by atoms with van der Waals surface area (Å²) in [5.41, 5.74) is 3.94. The molecule has 0 radical (unpaired) electrons. The average Bonchev–Trinajstić information content (AvgIpc) is 2.50. The fourth-order valence-electron chi connectivity index (χ4n) is 3.46. The van der Waals surface area contributed by atoms with E-state index in [1.165, 1.54) is 19.3 Å². The van der Waals surface area contributed by atoms with Crippen molar-refractivity contribution in [1.29, 1.82) is 0 Å². The van der Waals surface area contributed by atoms with Crippen LogP contribution in [0.15, 0.2) is 24.3 Å². The van der Waals surface area contributed by atoms with Crippen molar-refractivity contribution in [2.75, 3.05) is 13.2 Å². The molecule has 1 unspecified atom stereocenters. The lowest BCUT2D eigenvalue weighted by Crippen LogP contribution is -2.49. The largest absolute Gasteiger partial charge is 0.494 e. The zero-order chi connectivity index (χ0) is 15.1. The summed E-state index contributed by atoms with van der Waals surface area (Å²) in [5, 5.41) is 0. The highest BCUT2D eigenvalue weighted by Crippen LogP contribution is 2.41. The summed E-state index contributed by atoms with van der Waals surface area (Å²) in [4.78, 5) is 0. The summed E-state index contributed by atoms with van der Waals surface area (Å²) in [7, 11) is 0. The Balaban J connectivity index is 2.29. The van der Waals surface area contributed by atoms with Crippen LogP contribution in [-0.4, -0.2) is 18.8 Å². The maximum Gasteiger partial charge on any atom is 0.119 e. The van der Waals surface area contributed by atoms with Gasteiger partial charge in [-0.3, -0.25) is 11.3 Å². The van der Waals surface area contributed by atoms with E-state index in [1.54, 1.807) is 0 Å². The minimum absolute atomic E-state index is 0.00171. The van der Waals surface area contributed by atoms with Gasteiger partial charge in [0, 0.05) is 6.61 Å². The Morgan fingerprint density at radius 2 is 1.95 bits per heavy atom. The van der Waals surface area contributed by atoms with E-state index in [1.807, 2.05) is 19.1 Å². The van der Waals surface area contributed by atoms with Crippen LogP contribution in [0.25, 0.3) is 0 Å². The molecule has 4 nitrogen and oxygen atoms in total. The topological polar surface area (TPSA) is 56.5 Å². The van der Waals surface area contributed by atoms with Gasteiger partial charge in [-0.15, -0.1) is 0 Å². The molecule has 1 saturated carbocycles. The number of hydrogen-bond donors (Lipinski definition) is 2. The zero-order valence-corrected chi connectivity index (χ0v) is 13.2. The number of nitrogens with one attached hydrogen (secondary N) is 1. The van der Waals surface area contributed by atoms with Crippen LogP contribution in [0.3, 0.4) is 0 Å². The standard InChI is InChI=1S/C17H28N2O2/c1-3-20-15-10-8-9-14(13-15)16(19-18)17(21-4-2)11-6-5-7-12-17/h8-10,13,16,19H,3-7,11-12,18H2,1-2H3. The van der Waals surface area contributed by atoms with Gasteiger partial charge < -0.3 is 9.47 Å². The highest BCUT2D eigenvalue weighted by Gasteiger charge is 2.41. The quantitative estimate of drug-likeness (QED) is 0.598. The molecule has 1 aliphatic rings. The normalized spacial score (nSPS) is 19.2. The Morgan fingerprint density at radius 3 is 2.57 bits per heavy atom. The highest BCUT2D eigenvalue weighted by atomic mass is 16.5. The van der Waals surface area contributed by atoms with E-state index in [2.05, 4.69) is 24.5 Å². The Kier molecular flexibility index (Phi) is 6.03. The van der Waals surface area contributed by atoms with Gasteiger partial charge in [0.05, 0.1) is 18.2 Å². The Hall–Kier alpha value is -1.10. The molecule has 21 heavy (non-hydrogen) atoms. The van der Waals surface area contributed by atoms with Gasteiger partial charge in [-0.2, -0.15) is 0 Å². The first kappa shape index (κ1) is 16.3. The minimum atomic E-state index is -0.202. The molecule has 1 atom stereocenters. The predicted molar refractivity (Wildman–Crippen MR) is 85.1 cm³/mol. The summed E-state index contributed by atoms with van der Waals surface area (Å²) < 4.78 is 11.8. The first-order valence-electron chi connectivity index (χ1n) is 8.08. The van der Waals surface area contributed by atoms with Crippen molar-refractivity contribution in [3.8, 4) is 5.75 Å². The van der Waals surface area contributed by atoms with Crippen LogP contribution in [0.1, 0.15) is 57.6 Å². The van der Waals surface area contributed by atoms with Crippen LogP contribution >= 0.6 is 0 Å². The zero-order valence-electron chi connectivity index (χ0n) is 13.2. The number of rotatable bonds is 7. The van der Waals surface area contributed by atoms with Gasteiger partial charge >= 0.3 is 0 Å². The SMILES string of the molecule is CCOc1cccc(C(NN)C2(OCC)CCCCC2)c1. The Bertz CT molecular complexity index is 425. The van der Waals surface area contributed by atoms with E-state index in [-0.39, 0.29) is 11.6 Å². The predicted octanol–water partition coefficient (Wildman–Crippen LogP) is 3.33. The summed E-state index contributed by atoms with van der Waals surface area (Å²) >= 11 is 0. The number of hydrazine groups is 1. The van der Waals surface area contributed by atoms with Crippen LogP contribution in [0.2, 0.25) is 0 Å². The number of benzene rings is 1. The molecule has 118 valence electrons. The van der Waals surface area contributed by atoms with Gasteiger partial charge in [-0.25, -0.2) is 0 Å². The number of ether oxygens (including phenoxy) is 2. The highest BCUT2D eigenvalue weighted by molar-refractivity contribution is 5.32. The molecule has 0 heterocycles. The number of hydrogen-bond acceptors (Lipinski definition) is 4. The summed E-state index contributed by atoms with van der Waals surface area (Å²) in [6.07, 6.45) is 5.78. The fourth-order valence-corrected chi connectivity index (χ4v) is 3.46. The molecule has 1 aromatic carbocycles. The van der Waals surface area contributed by atoms with Crippen molar-refractivity contribution in [1.82, 2.24) is 5.43 Å². The molecule has 0 aliphatic heterocycles. The van der Waals surface area contributed by atoms with E-state index in [4.69, 9.17) is 15.3 Å². The lowest BCUT2D eigenvalue weighted by atomic mass is 9.76. The third-order valence-electron chi connectivity index (χ3n) is 4.33. The lowest BCUT2D eigenvalue weighted by molar-refractivity contribution is -0.0913. The molecule has 0 bridgehead atoms. The van der Waals surface area contributed by atoms with Gasteiger partial charge in [0.15, 0.2) is 0 Å².